The Morgan fingerprint density at radius 1 is 1.05 bits per heavy atom. The van der Waals surface area contributed by atoms with E-state index in [1.54, 1.807) is 27.7 Å². The number of para-hydroxylation sites is 1. The second kappa shape index (κ2) is 12.0. The molecule has 10 heteroatoms. The maximum atomic E-state index is 13.9. The van der Waals surface area contributed by atoms with Crippen LogP contribution in [0.4, 0.5) is 0 Å². The van der Waals surface area contributed by atoms with Crippen LogP contribution < -0.4 is 11.3 Å². The highest BCUT2D eigenvalue weighted by Gasteiger charge is 2.20. The van der Waals surface area contributed by atoms with Crippen molar-refractivity contribution in [1.82, 2.24) is 19.0 Å². The lowest BCUT2D eigenvalue weighted by atomic mass is 10.1. The summed E-state index contributed by atoms with van der Waals surface area (Å²) in [6, 6.07) is 12.6. The number of carbonyl (C=O) groups is 2. The first-order valence-corrected chi connectivity index (χ1v) is 12.7. The number of benzene rings is 2. The molecule has 10 nitrogen and oxygen atoms in total. The molecule has 4 rings (SSSR count). The molecular formula is C28H33N5O5. The number of amides is 1. The first-order chi connectivity index (χ1) is 18.4. The summed E-state index contributed by atoms with van der Waals surface area (Å²) in [5.41, 5.74) is 8.30. The van der Waals surface area contributed by atoms with Gasteiger partial charge in [-0.2, -0.15) is 0 Å². The Morgan fingerprint density at radius 3 is 2.53 bits per heavy atom. The number of aromatic nitrogens is 3. The van der Waals surface area contributed by atoms with Crippen molar-refractivity contribution in [2.75, 3.05) is 40.0 Å². The van der Waals surface area contributed by atoms with Crippen LogP contribution in [0.5, 0.6) is 0 Å². The fraction of sp³-hybridized carbons (Fsp3) is 0.357. The second-order valence-electron chi connectivity index (χ2n) is 8.77. The van der Waals surface area contributed by atoms with Crippen LogP contribution in [0.3, 0.4) is 0 Å². The summed E-state index contributed by atoms with van der Waals surface area (Å²) in [6.45, 7) is 6.54. The van der Waals surface area contributed by atoms with E-state index in [9.17, 15) is 14.4 Å². The Kier molecular flexibility index (Phi) is 8.55. The van der Waals surface area contributed by atoms with E-state index in [0.29, 0.717) is 48.4 Å². The number of carbonyl (C=O) groups excluding carboxylic acids is 2. The first kappa shape index (κ1) is 27.0. The molecule has 0 aliphatic heterocycles. The topological polar surface area (TPSA) is 122 Å². The predicted octanol–water partition coefficient (Wildman–Crippen LogP) is 2.65. The standard InChI is InChI=1S/C28H33N5O5/c1-4-31(5-2)25(34)18-32-17-21(20-8-6-7-9-23(20)32)26-27(35)33(13-15-38-14-12-29)24-16-19(28(36)37-3)10-11-22(24)30-26/h6-11,16-17H,4-5,12-15,18,29H2,1-3H3. The van der Waals surface area contributed by atoms with Crippen molar-refractivity contribution >= 4 is 33.8 Å². The van der Waals surface area contributed by atoms with E-state index in [2.05, 4.69) is 0 Å². The highest BCUT2D eigenvalue weighted by Crippen LogP contribution is 2.29. The molecule has 1 amide bonds. The minimum absolute atomic E-state index is 0.00132. The molecule has 0 saturated heterocycles. The number of likely N-dealkylation sites (N-methyl/N-ethyl adjacent to an activating group) is 1. The number of fused-ring (bicyclic) bond motifs is 2. The van der Waals surface area contributed by atoms with Crippen LogP contribution in [0.15, 0.2) is 53.5 Å². The van der Waals surface area contributed by atoms with Crippen molar-refractivity contribution < 1.29 is 19.1 Å². The minimum Gasteiger partial charge on any atom is -0.465 e. The van der Waals surface area contributed by atoms with Crippen LogP contribution in [0, 0.1) is 0 Å². The van der Waals surface area contributed by atoms with Crippen molar-refractivity contribution in [3.63, 3.8) is 0 Å². The van der Waals surface area contributed by atoms with Gasteiger partial charge in [0.25, 0.3) is 5.56 Å². The average molecular weight is 520 g/mol. The molecule has 0 atom stereocenters. The number of ether oxygens (including phenoxy) is 2. The third kappa shape index (κ3) is 5.32. The molecule has 0 bridgehead atoms. The van der Waals surface area contributed by atoms with Crippen LogP contribution in [0.1, 0.15) is 24.2 Å². The van der Waals surface area contributed by atoms with Crippen molar-refractivity contribution in [1.29, 1.82) is 0 Å². The Labute approximate surface area is 220 Å². The van der Waals surface area contributed by atoms with E-state index in [-0.39, 0.29) is 36.9 Å². The van der Waals surface area contributed by atoms with Crippen LogP contribution in [0.25, 0.3) is 33.2 Å². The van der Waals surface area contributed by atoms with Crippen LogP contribution in [0.2, 0.25) is 0 Å². The van der Waals surface area contributed by atoms with Gasteiger partial charge in [-0.3, -0.25) is 9.59 Å². The van der Waals surface area contributed by atoms with Gasteiger partial charge in [-0.25, -0.2) is 9.78 Å². The molecular weight excluding hydrogens is 486 g/mol. The van der Waals surface area contributed by atoms with Crippen LogP contribution in [-0.2, 0) is 27.4 Å². The molecule has 2 aromatic heterocycles. The van der Waals surface area contributed by atoms with Crippen LogP contribution >= 0.6 is 0 Å². The molecule has 2 N–H and O–H groups in total. The Hall–Kier alpha value is -4.02. The number of methoxy groups -OCH3 is 1. The molecule has 0 saturated carbocycles. The van der Waals surface area contributed by atoms with Crippen LogP contribution in [-0.4, -0.2) is 70.9 Å². The van der Waals surface area contributed by atoms with Crippen molar-refractivity contribution in [3.05, 3.63) is 64.6 Å². The number of rotatable bonds is 11. The number of esters is 1. The molecule has 0 fully saturated rings. The lowest BCUT2D eigenvalue weighted by molar-refractivity contribution is -0.131. The van der Waals surface area contributed by atoms with Gasteiger partial charge in [0, 0.05) is 48.8 Å². The van der Waals surface area contributed by atoms with E-state index < -0.39 is 5.97 Å². The van der Waals surface area contributed by atoms with Gasteiger partial charge in [0.2, 0.25) is 5.91 Å². The third-order valence-electron chi connectivity index (χ3n) is 6.55. The van der Waals surface area contributed by atoms with Crippen molar-refractivity contribution in [2.45, 2.75) is 26.9 Å². The molecule has 0 spiro atoms. The fourth-order valence-electron chi connectivity index (χ4n) is 4.61. The number of nitrogens with two attached hydrogens (primary N) is 1. The molecule has 38 heavy (non-hydrogen) atoms. The average Bonchev–Trinajstić information content (AvgIpc) is 3.29. The minimum atomic E-state index is -0.504. The maximum absolute atomic E-state index is 13.9. The molecule has 200 valence electrons. The lowest BCUT2D eigenvalue weighted by Crippen LogP contribution is -2.33. The van der Waals surface area contributed by atoms with Gasteiger partial charge in [0.15, 0.2) is 0 Å². The quantitative estimate of drug-likeness (QED) is 0.239. The van der Waals surface area contributed by atoms with E-state index in [1.807, 2.05) is 48.9 Å². The smallest absolute Gasteiger partial charge is 0.337 e. The highest BCUT2D eigenvalue weighted by atomic mass is 16.5. The molecule has 2 heterocycles. The normalized spacial score (nSPS) is 11.3. The summed E-state index contributed by atoms with van der Waals surface area (Å²) in [6.07, 6.45) is 1.82. The molecule has 2 aromatic carbocycles. The van der Waals surface area contributed by atoms with E-state index in [0.717, 1.165) is 10.9 Å². The highest BCUT2D eigenvalue weighted by molar-refractivity contribution is 5.97. The lowest BCUT2D eigenvalue weighted by Gasteiger charge is -2.19. The fourth-order valence-corrected chi connectivity index (χ4v) is 4.61. The van der Waals surface area contributed by atoms with Gasteiger partial charge in [0.05, 0.1) is 36.9 Å². The molecule has 0 aliphatic rings. The van der Waals surface area contributed by atoms with E-state index in [4.69, 9.17) is 20.2 Å². The van der Waals surface area contributed by atoms with Gasteiger partial charge in [-0.15, -0.1) is 0 Å². The number of nitrogens with zero attached hydrogens (tertiary/aromatic N) is 4. The Balaban J connectivity index is 1.88. The van der Waals surface area contributed by atoms with Gasteiger partial charge >= 0.3 is 5.97 Å². The Morgan fingerprint density at radius 2 is 1.82 bits per heavy atom. The zero-order valence-electron chi connectivity index (χ0n) is 22.0. The van der Waals surface area contributed by atoms with Gasteiger partial charge in [-0.1, -0.05) is 18.2 Å². The SMILES string of the molecule is CCN(CC)C(=O)Cn1cc(-c2nc3ccc(C(=O)OC)cc3n(CCOCCN)c2=O)c2ccccc21. The summed E-state index contributed by atoms with van der Waals surface area (Å²) in [5, 5.41) is 0.820. The molecule has 0 radical (unpaired) electrons. The third-order valence-corrected chi connectivity index (χ3v) is 6.55. The Bertz CT molecular complexity index is 1520. The first-order valence-electron chi connectivity index (χ1n) is 12.7. The summed E-state index contributed by atoms with van der Waals surface area (Å²) < 4.78 is 13.8. The van der Waals surface area contributed by atoms with E-state index in [1.165, 1.54) is 7.11 Å². The van der Waals surface area contributed by atoms with E-state index >= 15 is 0 Å². The zero-order valence-corrected chi connectivity index (χ0v) is 22.0. The number of hydrogen-bond acceptors (Lipinski definition) is 7. The number of hydrogen-bond donors (Lipinski definition) is 1. The summed E-state index contributed by atoms with van der Waals surface area (Å²) in [4.78, 5) is 45.5. The van der Waals surface area contributed by atoms with Gasteiger partial charge < -0.3 is 29.2 Å². The van der Waals surface area contributed by atoms with Crippen molar-refractivity contribution in [2.24, 2.45) is 5.73 Å². The predicted molar refractivity (Wildman–Crippen MR) is 146 cm³/mol. The second-order valence-corrected chi connectivity index (χ2v) is 8.77. The summed E-state index contributed by atoms with van der Waals surface area (Å²) in [7, 11) is 1.31. The van der Waals surface area contributed by atoms with Crippen molar-refractivity contribution in [3.8, 4) is 11.3 Å². The van der Waals surface area contributed by atoms with Gasteiger partial charge in [0.1, 0.15) is 12.2 Å². The molecule has 0 aliphatic carbocycles. The maximum Gasteiger partial charge on any atom is 0.337 e. The monoisotopic (exact) mass is 519 g/mol. The molecule has 4 aromatic rings. The zero-order chi connectivity index (χ0) is 27.2. The van der Waals surface area contributed by atoms with Gasteiger partial charge in [-0.05, 0) is 38.1 Å². The summed E-state index contributed by atoms with van der Waals surface area (Å²) in [5.74, 6) is -0.506. The molecule has 0 unspecified atom stereocenters. The summed E-state index contributed by atoms with van der Waals surface area (Å²) >= 11 is 0. The largest absolute Gasteiger partial charge is 0.465 e.